The van der Waals surface area contributed by atoms with E-state index in [9.17, 15) is 9.59 Å². The molecule has 2 aromatic carbocycles. The molecular weight excluding hydrogens is 288 g/mol. The highest BCUT2D eigenvalue weighted by Crippen LogP contribution is 2.16. The van der Waals surface area contributed by atoms with Crippen LogP contribution in [0, 0.1) is 0 Å². The Balaban J connectivity index is 2.04. The Kier molecular flexibility index (Phi) is 4.06. The first-order chi connectivity index (χ1) is 11.2. The number of para-hydroxylation sites is 1. The van der Waals surface area contributed by atoms with E-state index in [4.69, 9.17) is 5.73 Å². The number of aromatic amines is 1. The molecule has 1 aromatic heterocycles. The molecule has 1 heterocycles. The van der Waals surface area contributed by atoms with Crippen molar-refractivity contribution < 1.29 is 4.79 Å². The van der Waals surface area contributed by atoms with Gasteiger partial charge in [-0.15, -0.1) is 0 Å². The molecule has 0 unspecified atom stereocenters. The van der Waals surface area contributed by atoms with Crippen LogP contribution in [0.2, 0.25) is 0 Å². The highest BCUT2D eigenvalue weighted by atomic mass is 16.1. The maximum absolute atomic E-state index is 12.2. The summed E-state index contributed by atoms with van der Waals surface area (Å²) in [6.45, 7) is 0. The second-order valence-corrected chi connectivity index (χ2v) is 5.31. The molecule has 23 heavy (non-hydrogen) atoms. The predicted octanol–water partition coefficient (Wildman–Crippen LogP) is 2.73. The average molecular weight is 304 g/mol. The molecule has 0 saturated carbocycles. The third kappa shape index (κ3) is 3.21. The maximum Gasteiger partial charge on any atom is 0.257 e. The number of nitrogens with two attached hydrogens (primary N) is 1. The SMILES string of the molecule is N/C(=C\c1cccc(CC=O)c1)c1cc2ccccc2[nH]c1=O. The molecule has 4 heteroatoms. The fraction of sp³-hybridized carbons (Fsp3) is 0.0526. The van der Waals surface area contributed by atoms with E-state index >= 15 is 0 Å². The maximum atomic E-state index is 12.2. The van der Waals surface area contributed by atoms with Crippen LogP contribution in [0.15, 0.2) is 59.4 Å². The smallest absolute Gasteiger partial charge is 0.257 e. The van der Waals surface area contributed by atoms with Crippen molar-refractivity contribution in [3.8, 4) is 0 Å². The second kappa shape index (κ2) is 6.32. The molecule has 3 aromatic rings. The Labute approximate surface area is 133 Å². The number of fused-ring (bicyclic) bond motifs is 1. The van der Waals surface area contributed by atoms with Crippen LogP contribution in [0.25, 0.3) is 22.7 Å². The number of aromatic nitrogens is 1. The number of benzene rings is 2. The molecule has 0 aliphatic rings. The summed E-state index contributed by atoms with van der Waals surface area (Å²) in [7, 11) is 0. The first-order valence-corrected chi connectivity index (χ1v) is 7.29. The zero-order valence-electron chi connectivity index (χ0n) is 12.5. The number of carbonyl (C=O) groups excluding carboxylic acids is 1. The van der Waals surface area contributed by atoms with Gasteiger partial charge in [0.2, 0.25) is 0 Å². The Morgan fingerprint density at radius 1 is 1.09 bits per heavy atom. The molecule has 0 radical (unpaired) electrons. The summed E-state index contributed by atoms with van der Waals surface area (Å²) in [5.74, 6) is 0. The minimum Gasteiger partial charge on any atom is -0.398 e. The van der Waals surface area contributed by atoms with Crippen LogP contribution in [-0.4, -0.2) is 11.3 Å². The van der Waals surface area contributed by atoms with Crippen molar-refractivity contribution in [2.45, 2.75) is 6.42 Å². The highest BCUT2D eigenvalue weighted by molar-refractivity contribution is 5.86. The van der Waals surface area contributed by atoms with Gasteiger partial charge >= 0.3 is 0 Å². The normalized spacial score (nSPS) is 11.6. The van der Waals surface area contributed by atoms with E-state index in [1.54, 1.807) is 12.1 Å². The minimum atomic E-state index is -0.221. The molecule has 0 saturated heterocycles. The predicted molar refractivity (Wildman–Crippen MR) is 92.8 cm³/mol. The molecule has 0 fully saturated rings. The highest BCUT2D eigenvalue weighted by Gasteiger charge is 2.05. The standard InChI is InChI=1S/C19H16N2O2/c20-17(11-14-5-3-4-13(10-14)8-9-22)16-12-15-6-1-2-7-18(15)21-19(16)23/h1-7,9-12H,8,20H2,(H,21,23)/b17-11-. The third-order valence-corrected chi connectivity index (χ3v) is 3.66. The van der Waals surface area contributed by atoms with Crippen LogP contribution in [0.1, 0.15) is 16.7 Å². The number of H-pyrrole nitrogens is 1. The van der Waals surface area contributed by atoms with Gasteiger partial charge in [0.05, 0.1) is 5.56 Å². The van der Waals surface area contributed by atoms with Crippen LogP contribution >= 0.6 is 0 Å². The first kappa shape index (κ1) is 14.8. The number of rotatable bonds is 4. The lowest BCUT2D eigenvalue weighted by Crippen LogP contribution is -2.14. The Morgan fingerprint density at radius 3 is 2.74 bits per heavy atom. The Bertz CT molecular complexity index is 955. The number of pyridine rings is 1. The fourth-order valence-electron chi connectivity index (χ4n) is 2.53. The summed E-state index contributed by atoms with van der Waals surface area (Å²) in [4.78, 5) is 25.7. The summed E-state index contributed by atoms with van der Waals surface area (Å²) in [5.41, 5.74) is 9.26. The van der Waals surface area contributed by atoms with Crippen molar-refractivity contribution in [3.63, 3.8) is 0 Å². The van der Waals surface area contributed by atoms with E-state index in [-0.39, 0.29) is 5.56 Å². The second-order valence-electron chi connectivity index (χ2n) is 5.31. The lowest BCUT2D eigenvalue weighted by atomic mass is 10.1. The number of aldehydes is 1. The largest absolute Gasteiger partial charge is 0.398 e. The van der Waals surface area contributed by atoms with Gasteiger partial charge in [-0.3, -0.25) is 4.79 Å². The monoisotopic (exact) mass is 304 g/mol. The Hall–Kier alpha value is -3.14. The topological polar surface area (TPSA) is 76.0 Å². The first-order valence-electron chi connectivity index (χ1n) is 7.29. The molecule has 0 aliphatic carbocycles. The van der Waals surface area contributed by atoms with Crippen molar-refractivity contribution in [1.82, 2.24) is 4.98 Å². The number of hydrogen-bond acceptors (Lipinski definition) is 3. The molecule has 0 aliphatic heterocycles. The molecule has 3 N–H and O–H groups in total. The van der Waals surface area contributed by atoms with E-state index in [1.165, 1.54) is 0 Å². The molecular formula is C19H16N2O2. The van der Waals surface area contributed by atoms with Crippen LogP contribution in [0.3, 0.4) is 0 Å². The zero-order chi connectivity index (χ0) is 16.2. The summed E-state index contributed by atoms with van der Waals surface area (Å²) in [5, 5.41) is 0.924. The molecule has 0 atom stereocenters. The number of carbonyl (C=O) groups is 1. The van der Waals surface area contributed by atoms with Crippen molar-refractivity contribution in [2.75, 3.05) is 0 Å². The van der Waals surface area contributed by atoms with Gasteiger partial charge in [-0.2, -0.15) is 0 Å². The van der Waals surface area contributed by atoms with E-state index < -0.39 is 0 Å². The molecule has 4 nitrogen and oxygen atoms in total. The van der Waals surface area contributed by atoms with Gasteiger partial charge in [0.1, 0.15) is 6.29 Å². The van der Waals surface area contributed by atoms with Crippen molar-refractivity contribution in [1.29, 1.82) is 0 Å². The molecule has 0 amide bonds. The average Bonchev–Trinajstić information content (AvgIpc) is 2.55. The summed E-state index contributed by atoms with van der Waals surface area (Å²) >= 11 is 0. The third-order valence-electron chi connectivity index (χ3n) is 3.66. The summed E-state index contributed by atoms with van der Waals surface area (Å²) in [6.07, 6.45) is 2.96. The lowest BCUT2D eigenvalue weighted by molar-refractivity contribution is -0.107. The quantitative estimate of drug-likeness (QED) is 0.728. The molecule has 114 valence electrons. The zero-order valence-corrected chi connectivity index (χ0v) is 12.5. The minimum absolute atomic E-state index is 0.221. The molecule has 3 rings (SSSR count). The summed E-state index contributed by atoms with van der Waals surface area (Å²) in [6, 6.07) is 16.9. The van der Waals surface area contributed by atoms with Crippen LogP contribution in [0.5, 0.6) is 0 Å². The van der Waals surface area contributed by atoms with Crippen molar-refractivity contribution in [3.05, 3.63) is 81.6 Å². The lowest BCUT2D eigenvalue weighted by Gasteiger charge is -2.05. The van der Waals surface area contributed by atoms with Crippen molar-refractivity contribution >= 4 is 29.0 Å². The number of nitrogens with one attached hydrogen (secondary N) is 1. The summed E-state index contributed by atoms with van der Waals surface area (Å²) < 4.78 is 0. The van der Waals surface area contributed by atoms with Gasteiger partial charge in [0.15, 0.2) is 0 Å². The van der Waals surface area contributed by atoms with Crippen LogP contribution < -0.4 is 11.3 Å². The van der Waals surface area contributed by atoms with E-state index in [1.807, 2.05) is 48.5 Å². The molecule has 0 spiro atoms. The number of hydrogen-bond donors (Lipinski definition) is 2. The molecule has 0 bridgehead atoms. The van der Waals surface area contributed by atoms with Gasteiger partial charge in [-0.1, -0.05) is 42.5 Å². The van der Waals surface area contributed by atoms with Gasteiger partial charge in [0.25, 0.3) is 5.56 Å². The van der Waals surface area contributed by atoms with Gasteiger partial charge < -0.3 is 15.5 Å². The van der Waals surface area contributed by atoms with Gasteiger partial charge in [-0.25, -0.2) is 0 Å². The van der Waals surface area contributed by atoms with E-state index in [0.717, 1.165) is 28.3 Å². The van der Waals surface area contributed by atoms with Crippen LogP contribution in [0.4, 0.5) is 0 Å². The van der Waals surface area contributed by atoms with E-state index in [0.29, 0.717) is 17.7 Å². The van der Waals surface area contributed by atoms with Gasteiger partial charge in [-0.05, 0) is 34.7 Å². The van der Waals surface area contributed by atoms with E-state index in [2.05, 4.69) is 4.98 Å². The van der Waals surface area contributed by atoms with Crippen LogP contribution in [-0.2, 0) is 11.2 Å². The van der Waals surface area contributed by atoms with Crippen molar-refractivity contribution in [2.24, 2.45) is 5.73 Å². The fourth-order valence-corrected chi connectivity index (χ4v) is 2.53. The van der Waals surface area contributed by atoms with Gasteiger partial charge in [0, 0.05) is 17.6 Å². The Morgan fingerprint density at radius 2 is 1.91 bits per heavy atom.